The van der Waals surface area contributed by atoms with Crippen molar-refractivity contribution in [3.8, 4) is 0 Å². The minimum Gasteiger partial charge on any atom is -0.486 e. The van der Waals surface area contributed by atoms with E-state index in [1.165, 1.54) is 0 Å². The molecule has 2 N–H and O–H groups in total. The SMILES string of the molecule is C[CH-]C.[CH2-]N.[Y]. The third kappa shape index (κ3) is 73.9. The summed E-state index contributed by atoms with van der Waals surface area (Å²) in [5.74, 6) is 0. The van der Waals surface area contributed by atoms with Crippen LogP contribution in [0.25, 0.3) is 0 Å². The van der Waals surface area contributed by atoms with Gasteiger partial charge in [0, 0.05) is 32.7 Å². The molecule has 2 heteroatoms. The summed E-state index contributed by atoms with van der Waals surface area (Å²) >= 11 is 0. The normalized spacial score (nSPS) is 4.00. The molecule has 0 saturated carbocycles. The van der Waals surface area contributed by atoms with Gasteiger partial charge < -0.3 is 12.2 Å². The van der Waals surface area contributed by atoms with Gasteiger partial charge in [-0.25, -0.2) is 0 Å². The van der Waals surface area contributed by atoms with E-state index in [1.807, 2.05) is 20.3 Å². The Hall–Kier alpha value is 1.06. The van der Waals surface area contributed by atoms with Crippen molar-refractivity contribution < 1.29 is 32.7 Å². The van der Waals surface area contributed by atoms with Crippen molar-refractivity contribution in [2.24, 2.45) is 5.73 Å². The van der Waals surface area contributed by atoms with Gasteiger partial charge in [0.15, 0.2) is 0 Å². The molecule has 0 bridgehead atoms. The van der Waals surface area contributed by atoms with Crippen LogP contribution in [0.1, 0.15) is 13.8 Å². The van der Waals surface area contributed by atoms with Crippen molar-refractivity contribution >= 4 is 0 Å². The van der Waals surface area contributed by atoms with Crippen LogP contribution in [0.3, 0.4) is 0 Å². The fourth-order valence-electron chi connectivity index (χ4n) is 0. The first-order valence-corrected chi connectivity index (χ1v) is 1.56. The molecule has 0 aliphatic carbocycles. The number of nitrogens with two attached hydrogens (primary N) is 1. The van der Waals surface area contributed by atoms with E-state index < -0.39 is 0 Å². The van der Waals surface area contributed by atoms with Gasteiger partial charge in [-0.1, -0.05) is 0 Å². The van der Waals surface area contributed by atoms with Crippen LogP contribution in [-0.4, -0.2) is 0 Å². The zero-order chi connectivity index (χ0) is 4.71. The van der Waals surface area contributed by atoms with Crippen LogP contribution in [0, 0.1) is 13.5 Å². The maximum Gasteiger partial charge on any atom is 0 e. The Kier molecular flexibility index (Phi) is 95.7. The first-order valence-electron chi connectivity index (χ1n) is 1.56. The Morgan fingerprint density at radius 3 is 1.33 bits per heavy atom. The smallest absolute Gasteiger partial charge is 0 e. The molecule has 0 aromatic heterocycles. The van der Waals surface area contributed by atoms with E-state index in [4.69, 9.17) is 0 Å². The summed E-state index contributed by atoms with van der Waals surface area (Å²) < 4.78 is 0. The van der Waals surface area contributed by atoms with Gasteiger partial charge in [-0.3, -0.25) is 7.05 Å². The topological polar surface area (TPSA) is 26.0 Å². The molecule has 1 nitrogen and oxygen atoms in total. The molecule has 0 heterocycles. The zero-order valence-corrected chi connectivity index (χ0v) is 7.28. The van der Waals surface area contributed by atoms with Crippen LogP contribution < -0.4 is 5.73 Å². The van der Waals surface area contributed by atoms with Gasteiger partial charge in [-0.15, -0.1) is 0 Å². The number of hydrogen-bond acceptors (Lipinski definition) is 1. The molecule has 0 saturated heterocycles. The van der Waals surface area contributed by atoms with Crippen LogP contribution in [0.2, 0.25) is 0 Å². The quantitative estimate of drug-likeness (QED) is 0.527. The molecule has 0 fully saturated rings. The first-order chi connectivity index (χ1) is 2.41. The molecular formula is C4H11NY-2. The zero-order valence-electron chi connectivity index (χ0n) is 4.44. The van der Waals surface area contributed by atoms with E-state index in [2.05, 4.69) is 12.8 Å². The predicted molar refractivity (Wildman–Crippen MR) is 25.2 cm³/mol. The molecule has 0 aromatic carbocycles. The molecule has 0 unspecified atom stereocenters. The van der Waals surface area contributed by atoms with Gasteiger partial charge in [0.1, 0.15) is 0 Å². The third-order valence-corrected chi connectivity index (χ3v) is 0. The Bertz CT molecular complexity index is 7.51. The van der Waals surface area contributed by atoms with Crippen LogP contribution in [0.4, 0.5) is 0 Å². The van der Waals surface area contributed by atoms with Crippen LogP contribution in [-0.2, 0) is 32.7 Å². The Labute approximate surface area is 65.6 Å². The second-order valence-corrected chi connectivity index (χ2v) is 0.577. The second-order valence-electron chi connectivity index (χ2n) is 0.577. The van der Waals surface area contributed by atoms with Crippen molar-refractivity contribution in [1.82, 2.24) is 0 Å². The standard InChI is InChI=1S/C3H7.CH4N.Y/c1-3-2;1-2;/h3H,1-2H3;1-2H2;/q2*-1;. The summed E-state index contributed by atoms with van der Waals surface area (Å²) in [6.45, 7) is 4.00. The first kappa shape index (κ1) is 15.7. The van der Waals surface area contributed by atoms with Crippen molar-refractivity contribution in [1.29, 1.82) is 0 Å². The molecule has 0 rings (SSSR count). The summed E-state index contributed by atoms with van der Waals surface area (Å²) in [5, 5.41) is 0. The average Bonchev–Trinajstić information content (AvgIpc) is 1.46. The van der Waals surface area contributed by atoms with E-state index >= 15 is 0 Å². The molecule has 0 spiro atoms. The van der Waals surface area contributed by atoms with Crippen molar-refractivity contribution in [3.63, 3.8) is 0 Å². The minimum absolute atomic E-state index is 0. The number of hydrogen-bond donors (Lipinski definition) is 1. The van der Waals surface area contributed by atoms with E-state index in [0.29, 0.717) is 0 Å². The fraction of sp³-hybridized carbons (Fsp3) is 0.500. The molecular weight excluding hydrogens is 151 g/mol. The molecule has 37 valence electrons. The van der Waals surface area contributed by atoms with Gasteiger partial charge in [0.25, 0.3) is 0 Å². The Morgan fingerprint density at radius 1 is 1.33 bits per heavy atom. The monoisotopic (exact) mass is 162 g/mol. The maximum absolute atomic E-state index is 4.25. The summed E-state index contributed by atoms with van der Waals surface area (Å²) in [6, 6.07) is 0. The number of rotatable bonds is 0. The van der Waals surface area contributed by atoms with Crippen molar-refractivity contribution in [2.45, 2.75) is 13.8 Å². The molecule has 6 heavy (non-hydrogen) atoms. The van der Waals surface area contributed by atoms with Crippen molar-refractivity contribution in [2.75, 3.05) is 0 Å². The van der Waals surface area contributed by atoms with Gasteiger partial charge in [0.05, 0.1) is 0 Å². The van der Waals surface area contributed by atoms with Crippen LogP contribution in [0.15, 0.2) is 0 Å². The predicted octanol–water partition coefficient (Wildman–Crippen LogP) is 0.965. The molecule has 0 atom stereocenters. The summed E-state index contributed by atoms with van der Waals surface area (Å²) in [4.78, 5) is 0. The summed E-state index contributed by atoms with van der Waals surface area (Å²) in [6.07, 6.45) is 2.00. The van der Waals surface area contributed by atoms with E-state index in [1.54, 1.807) is 0 Å². The van der Waals surface area contributed by atoms with Crippen LogP contribution >= 0.6 is 0 Å². The second kappa shape index (κ2) is 36.5. The van der Waals surface area contributed by atoms with Gasteiger partial charge in [-0.2, -0.15) is 13.8 Å². The van der Waals surface area contributed by atoms with Gasteiger partial charge in [0.2, 0.25) is 0 Å². The molecule has 0 aliphatic rings. The van der Waals surface area contributed by atoms with E-state index in [-0.39, 0.29) is 32.7 Å². The molecule has 0 aromatic rings. The van der Waals surface area contributed by atoms with E-state index in [0.717, 1.165) is 0 Å². The maximum atomic E-state index is 4.25. The molecule has 0 aliphatic heterocycles. The summed E-state index contributed by atoms with van der Waals surface area (Å²) in [5.41, 5.74) is 4.25. The van der Waals surface area contributed by atoms with Crippen LogP contribution in [0.5, 0.6) is 0 Å². The molecule has 0 amide bonds. The minimum atomic E-state index is 0. The van der Waals surface area contributed by atoms with E-state index in [9.17, 15) is 0 Å². The summed E-state index contributed by atoms with van der Waals surface area (Å²) in [7, 11) is 2.75. The Morgan fingerprint density at radius 2 is 1.33 bits per heavy atom. The fourth-order valence-corrected chi connectivity index (χ4v) is 0. The van der Waals surface area contributed by atoms with Crippen molar-refractivity contribution in [3.05, 3.63) is 13.5 Å². The Balaban J connectivity index is -0.0000000275. The van der Waals surface area contributed by atoms with Gasteiger partial charge >= 0.3 is 0 Å². The average molecular weight is 162 g/mol. The largest absolute Gasteiger partial charge is 0.486 e. The molecule has 1 radical (unpaired) electrons. The van der Waals surface area contributed by atoms with Gasteiger partial charge in [-0.05, 0) is 0 Å². The third-order valence-electron chi connectivity index (χ3n) is 0.